The van der Waals surface area contributed by atoms with Gasteiger partial charge in [0.2, 0.25) is 5.91 Å². The van der Waals surface area contributed by atoms with Crippen LogP contribution in [0.2, 0.25) is 0 Å². The minimum absolute atomic E-state index is 0.0142. The molecule has 0 spiro atoms. The maximum Gasteiger partial charge on any atom is 0.238 e. The molecule has 4 heteroatoms. The molecule has 0 aliphatic carbocycles. The van der Waals surface area contributed by atoms with Crippen LogP contribution in [-0.2, 0) is 4.79 Å². The molecule has 0 radical (unpaired) electrons. The molecule has 1 atom stereocenters. The number of nitrogens with one attached hydrogen (secondary N) is 1. The second kappa shape index (κ2) is 7.93. The van der Waals surface area contributed by atoms with Gasteiger partial charge in [0.05, 0.1) is 13.2 Å². The van der Waals surface area contributed by atoms with Gasteiger partial charge in [0, 0.05) is 11.7 Å². The predicted octanol–water partition coefficient (Wildman–Crippen LogP) is 3.33. The van der Waals surface area contributed by atoms with E-state index in [-0.39, 0.29) is 18.6 Å². The highest BCUT2D eigenvalue weighted by molar-refractivity contribution is 5.94. The number of benzene rings is 1. The summed E-state index contributed by atoms with van der Waals surface area (Å²) in [5.41, 5.74) is 3.34. The molecular formula is C19H30N2O2. The summed E-state index contributed by atoms with van der Waals surface area (Å²) in [6, 6.07) is 6.39. The van der Waals surface area contributed by atoms with Crippen LogP contribution in [-0.4, -0.2) is 41.7 Å². The number of likely N-dealkylation sites (tertiary alicyclic amines) is 1. The molecule has 23 heavy (non-hydrogen) atoms. The van der Waals surface area contributed by atoms with E-state index in [4.69, 9.17) is 0 Å². The van der Waals surface area contributed by atoms with Gasteiger partial charge in [0.25, 0.3) is 0 Å². The highest BCUT2D eigenvalue weighted by Gasteiger charge is 2.26. The largest absolute Gasteiger partial charge is 0.395 e. The molecule has 128 valence electrons. The van der Waals surface area contributed by atoms with Crippen LogP contribution in [0, 0.1) is 0 Å². The summed E-state index contributed by atoms with van der Waals surface area (Å²) < 4.78 is 0. The van der Waals surface area contributed by atoms with Crippen molar-refractivity contribution in [2.45, 2.75) is 58.4 Å². The zero-order valence-electron chi connectivity index (χ0n) is 14.8. The topological polar surface area (TPSA) is 52.6 Å². The molecule has 1 aliphatic rings. The molecule has 1 heterocycles. The fraction of sp³-hybridized carbons (Fsp3) is 0.632. The number of carbonyl (C=O) groups is 1. The SMILES string of the molecule is CC(C)c1cccc(C(C)C)c1NC(=O)CN1CCCC1CO. The molecule has 1 unspecified atom stereocenters. The summed E-state index contributed by atoms with van der Waals surface area (Å²) in [7, 11) is 0. The Bertz CT molecular complexity index is 514. The molecule has 1 amide bonds. The van der Waals surface area contributed by atoms with E-state index in [9.17, 15) is 9.90 Å². The number of aliphatic hydroxyl groups excluding tert-OH is 1. The second-order valence-corrected chi connectivity index (χ2v) is 7.12. The Labute approximate surface area is 139 Å². The van der Waals surface area contributed by atoms with Crippen molar-refractivity contribution in [2.24, 2.45) is 0 Å². The number of aliphatic hydroxyl groups is 1. The molecule has 1 aromatic carbocycles. The number of nitrogens with zero attached hydrogens (tertiary/aromatic N) is 1. The van der Waals surface area contributed by atoms with Gasteiger partial charge >= 0.3 is 0 Å². The first kappa shape index (κ1) is 18.0. The van der Waals surface area contributed by atoms with E-state index >= 15 is 0 Å². The highest BCUT2D eigenvalue weighted by Crippen LogP contribution is 2.32. The van der Waals surface area contributed by atoms with Crippen molar-refractivity contribution in [3.05, 3.63) is 29.3 Å². The summed E-state index contributed by atoms with van der Waals surface area (Å²) in [5.74, 6) is 0.738. The molecule has 1 fully saturated rings. The van der Waals surface area contributed by atoms with Crippen LogP contribution in [0.25, 0.3) is 0 Å². The second-order valence-electron chi connectivity index (χ2n) is 7.12. The number of amides is 1. The minimum Gasteiger partial charge on any atom is -0.395 e. The van der Waals surface area contributed by atoms with Gasteiger partial charge in [-0.1, -0.05) is 45.9 Å². The Kier molecular flexibility index (Phi) is 6.19. The molecule has 1 aromatic rings. The first-order valence-corrected chi connectivity index (χ1v) is 8.71. The molecule has 1 saturated heterocycles. The van der Waals surface area contributed by atoms with Gasteiger partial charge < -0.3 is 10.4 Å². The lowest BCUT2D eigenvalue weighted by molar-refractivity contribution is -0.117. The molecule has 2 N–H and O–H groups in total. The quantitative estimate of drug-likeness (QED) is 0.846. The van der Waals surface area contributed by atoms with Crippen LogP contribution in [0.5, 0.6) is 0 Å². The Morgan fingerprint density at radius 3 is 2.39 bits per heavy atom. The Morgan fingerprint density at radius 2 is 1.87 bits per heavy atom. The molecule has 0 saturated carbocycles. The maximum atomic E-state index is 12.5. The van der Waals surface area contributed by atoms with Crippen molar-refractivity contribution in [3.63, 3.8) is 0 Å². The monoisotopic (exact) mass is 318 g/mol. The number of hydrogen-bond acceptors (Lipinski definition) is 3. The van der Waals surface area contributed by atoms with Crippen molar-refractivity contribution >= 4 is 11.6 Å². The third-order valence-corrected chi connectivity index (χ3v) is 4.69. The number of hydrogen-bond donors (Lipinski definition) is 2. The van der Waals surface area contributed by atoms with E-state index in [0.717, 1.165) is 25.1 Å². The van der Waals surface area contributed by atoms with Crippen LogP contribution in [0.1, 0.15) is 63.5 Å². The van der Waals surface area contributed by atoms with Gasteiger partial charge in [-0.2, -0.15) is 0 Å². The fourth-order valence-corrected chi connectivity index (χ4v) is 3.37. The predicted molar refractivity (Wildman–Crippen MR) is 94.9 cm³/mol. The zero-order valence-corrected chi connectivity index (χ0v) is 14.8. The smallest absolute Gasteiger partial charge is 0.238 e. The number of para-hydroxylation sites is 1. The first-order valence-electron chi connectivity index (χ1n) is 8.71. The summed E-state index contributed by atoms with van der Waals surface area (Å²) >= 11 is 0. The van der Waals surface area contributed by atoms with Crippen molar-refractivity contribution in [3.8, 4) is 0 Å². The first-order chi connectivity index (χ1) is 10.9. The summed E-state index contributed by atoms with van der Waals surface area (Å²) in [6.45, 7) is 9.98. The van der Waals surface area contributed by atoms with Crippen molar-refractivity contribution in [1.82, 2.24) is 4.90 Å². The van der Waals surface area contributed by atoms with E-state index in [0.29, 0.717) is 18.4 Å². The van der Waals surface area contributed by atoms with E-state index in [1.807, 2.05) is 0 Å². The van der Waals surface area contributed by atoms with Gasteiger partial charge in [-0.05, 0) is 42.3 Å². The lowest BCUT2D eigenvalue weighted by Gasteiger charge is -2.24. The third-order valence-electron chi connectivity index (χ3n) is 4.69. The zero-order chi connectivity index (χ0) is 17.0. The normalized spacial score (nSPS) is 18.8. The lowest BCUT2D eigenvalue weighted by Crippen LogP contribution is -2.38. The maximum absolute atomic E-state index is 12.5. The lowest BCUT2D eigenvalue weighted by atomic mass is 9.92. The van der Waals surface area contributed by atoms with Crippen molar-refractivity contribution < 1.29 is 9.90 Å². The molecule has 4 nitrogen and oxygen atoms in total. The van der Waals surface area contributed by atoms with Crippen LogP contribution >= 0.6 is 0 Å². The van der Waals surface area contributed by atoms with E-state index < -0.39 is 0 Å². The number of anilines is 1. The van der Waals surface area contributed by atoms with Gasteiger partial charge in [0.1, 0.15) is 0 Å². The Hall–Kier alpha value is -1.39. The van der Waals surface area contributed by atoms with E-state index in [2.05, 4.69) is 56.1 Å². The van der Waals surface area contributed by atoms with Crippen LogP contribution in [0.15, 0.2) is 18.2 Å². The van der Waals surface area contributed by atoms with Gasteiger partial charge in [-0.25, -0.2) is 0 Å². The summed E-state index contributed by atoms with van der Waals surface area (Å²) in [5, 5.41) is 12.6. The number of carbonyl (C=O) groups excluding carboxylic acids is 1. The Morgan fingerprint density at radius 1 is 1.26 bits per heavy atom. The minimum atomic E-state index is 0.0142. The van der Waals surface area contributed by atoms with Gasteiger partial charge in [0.15, 0.2) is 0 Å². The van der Waals surface area contributed by atoms with Crippen molar-refractivity contribution in [1.29, 1.82) is 0 Å². The molecule has 0 bridgehead atoms. The standard InChI is InChI=1S/C19H30N2O2/c1-13(2)16-8-5-9-17(14(3)4)19(16)20-18(23)11-21-10-6-7-15(21)12-22/h5,8-9,13-15,22H,6-7,10-12H2,1-4H3,(H,20,23). The molecule has 0 aromatic heterocycles. The van der Waals surface area contributed by atoms with Crippen LogP contribution in [0.3, 0.4) is 0 Å². The van der Waals surface area contributed by atoms with Crippen LogP contribution < -0.4 is 5.32 Å². The van der Waals surface area contributed by atoms with Crippen LogP contribution in [0.4, 0.5) is 5.69 Å². The summed E-state index contributed by atoms with van der Waals surface area (Å²) in [6.07, 6.45) is 2.03. The molecular weight excluding hydrogens is 288 g/mol. The molecule has 2 rings (SSSR count). The van der Waals surface area contributed by atoms with Gasteiger partial charge in [-0.3, -0.25) is 9.69 Å². The van der Waals surface area contributed by atoms with E-state index in [1.165, 1.54) is 11.1 Å². The Balaban J connectivity index is 2.16. The van der Waals surface area contributed by atoms with Gasteiger partial charge in [-0.15, -0.1) is 0 Å². The van der Waals surface area contributed by atoms with E-state index in [1.54, 1.807) is 0 Å². The summed E-state index contributed by atoms with van der Waals surface area (Å²) in [4.78, 5) is 14.6. The fourth-order valence-electron chi connectivity index (χ4n) is 3.37. The third kappa shape index (κ3) is 4.33. The molecule has 1 aliphatic heterocycles. The average molecular weight is 318 g/mol. The highest BCUT2D eigenvalue weighted by atomic mass is 16.3. The number of rotatable bonds is 6. The average Bonchev–Trinajstić information content (AvgIpc) is 2.93. The van der Waals surface area contributed by atoms with Crippen molar-refractivity contribution in [2.75, 3.05) is 25.0 Å².